The van der Waals surface area contributed by atoms with Gasteiger partial charge in [0.05, 0.1) is 0 Å². The van der Waals surface area contributed by atoms with Crippen molar-refractivity contribution >= 4 is 16.8 Å². The fourth-order valence-corrected chi connectivity index (χ4v) is 1.29. The molecule has 0 saturated heterocycles. The summed E-state index contributed by atoms with van der Waals surface area (Å²) in [5.74, 6) is 0. The first-order valence-corrected chi connectivity index (χ1v) is 4.31. The molecule has 0 N–H and O–H groups in total. The van der Waals surface area contributed by atoms with Crippen LogP contribution < -0.4 is 0 Å². The molecule has 0 heterocycles. The number of halogens is 1. The van der Waals surface area contributed by atoms with Crippen LogP contribution in [0, 0.1) is 6.92 Å². The van der Waals surface area contributed by atoms with Crippen LogP contribution in [0.3, 0.4) is 0 Å². The van der Waals surface area contributed by atoms with E-state index in [-0.39, 0.29) is 5.24 Å². The standard InChI is InChI=1S/C10H11ClO/c1-3-8-4-7(2)5-9(6-8)10(11)12/h4-6H,3H2,1-2H3. The summed E-state index contributed by atoms with van der Waals surface area (Å²) in [6.45, 7) is 4.01. The molecule has 2 heteroatoms. The second-order valence-corrected chi connectivity index (χ2v) is 3.18. The fourth-order valence-electron chi connectivity index (χ4n) is 1.18. The molecule has 0 unspecified atom stereocenters. The van der Waals surface area contributed by atoms with Gasteiger partial charge >= 0.3 is 0 Å². The van der Waals surface area contributed by atoms with E-state index in [4.69, 9.17) is 11.6 Å². The Labute approximate surface area is 77.4 Å². The summed E-state index contributed by atoms with van der Waals surface area (Å²) in [6.07, 6.45) is 0.929. The Balaban J connectivity index is 3.15. The molecule has 0 spiro atoms. The number of hydrogen-bond acceptors (Lipinski definition) is 1. The van der Waals surface area contributed by atoms with E-state index in [9.17, 15) is 4.79 Å². The first-order valence-electron chi connectivity index (χ1n) is 3.94. The normalized spacial score (nSPS) is 9.92. The summed E-state index contributed by atoms with van der Waals surface area (Å²) >= 11 is 5.37. The molecule has 0 fully saturated rings. The maximum Gasteiger partial charge on any atom is 0.252 e. The third-order valence-electron chi connectivity index (χ3n) is 1.77. The number of rotatable bonds is 2. The first-order chi connectivity index (χ1) is 5.63. The van der Waals surface area contributed by atoms with Gasteiger partial charge in [-0.05, 0) is 42.6 Å². The molecular weight excluding hydrogens is 172 g/mol. The smallest absolute Gasteiger partial charge is 0.252 e. The van der Waals surface area contributed by atoms with Gasteiger partial charge < -0.3 is 0 Å². The van der Waals surface area contributed by atoms with Gasteiger partial charge in [-0.1, -0.05) is 18.6 Å². The minimum Gasteiger partial charge on any atom is -0.276 e. The molecule has 0 bridgehead atoms. The highest BCUT2D eigenvalue weighted by Gasteiger charge is 2.02. The van der Waals surface area contributed by atoms with Crippen LogP contribution in [-0.2, 0) is 6.42 Å². The predicted molar refractivity (Wildman–Crippen MR) is 50.7 cm³/mol. The average molecular weight is 183 g/mol. The Bertz CT molecular complexity index is 305. The summed E-state index contributed by atoms with van der Waals surface area (Å²) in [5.41, 5.74) is 2.82. The summed E-state index contributed by atoms with van der Waals surface area (Å²) in [6, 6.07) is 5.69. The van der Waals surface area contributed by atoms with Crippen molar-refractivity contribution < 1.29 is 4.79 Å². The Morgan fingerprint density at radius 3 is 2.58 bits per heavy atom. The third-order valence-corrected chi connectivity index (χ3v) is 1.99. The minimum atomic E-state index is -0.381. The molecule has 64 valence electrons. The quantitative estimate of drug-likeness (QED) is 0.643. The van der Waals surface area contributed by atoms with Crippen molar-refractivity contribution in [1.82, 2.24) is 0 Å². The Morgan fingerprint density at radius 1 is 1.42 bits per heavy atom. The lowest BCUT2D eigenvalue weighted by Gasteiger charge is -2.01. The van der Waals surface area contributed by atoms with Gasteiger partial charge in [0, 0.05) is 5.56 Å². The van der Waals surface area contributed by atoms with Gasteiger partial charge in [0.1, 0.15) is 0 Å². The Kier molecular flexibility index (Phi) is 2.88. The number of carbonyl (C=O) groups is 1. The van der Waals surface area contributed by atoms with E-state index < -0.39 is 0 Å². The lowest BCUT2D eigenvalue weighted by Crippen LogP contribution is -1.92. The highest BCUT2D eigenvalue weighted by atomic mass is 35.5. The fraction of sp³-hybridized carbons (Fsp3) is 0.300. The zero-order valence-corrected chi connectivity index (χ0v) is 7.98. The van der Waals surface area contributed by atoms with E-state index in [1.807, 2.05) is 13.0 Å². The Morgan fingerprint density at radius 2 is 2.08 bits per heavy atom. The van der Waals surface area contributed by atoms with Gasteiger partial charge in [-0.2, -0.15) is 0 Å². The van der Waals surface area contributed by atoms with Crippen molar-refractivity contribution in [1.29, 1.82) is 0 Å². The summed E-state index contributed by atoms with van der Waals surface area (Å²) in [7, 11) is 0. The van der Waals surface area contributed by atoms with E-state index in [1.165, 1.54) is 0 Å². The topological polar surface area (TPSA) is 17.1 Å². The van der Waals surface area contributed by atoms with Crippen molar-refractivity contribution in [3.8, 4) is 0 Å². The predicted octanol–water partition coefficient (Wildman–Crippen LogP) is 2.94. The zero-order chi connectivity index (χ0) is 9.14. The maximum atomic E-state index is 10.8. The molecule has 0 aliphatic rings. The third kappa shape index (κ3) is 2.08. The van der Waals surface area contributed by atoms with Crippen LogP contribution in [0.1, 0.15) is 28.4 Å². The minimum absolute atomic E-state index is 0.381. The van der Waals surface area contributed by atoms with Gasteiger partial charge in [-0.3, -0.25) is 4.79 Å². The van der Waals surface area contributed by atoms with Gasteiger partial charge in [-0.15, -0.1) is 0 Å². The SMILES string of the molecule is CCc1cc(C)cc(C(=O)Cl)c1. The van der Waals surface area contributed by atoms with Gasteiger partial charge in [-0.25, -0.2) is 0 Å². The summed E-state index contributed by atoms with van der Waals surface area (Å²) < 4.78 is 0. The monoisotopic (exact) mass is 182 g/mol. The molecule has 0 atom stereocenters. The number of hydrogen-bond donors (Lipinski definition) is 0. The van der Waals surface area contributed by atoms with E-state index in [2.05, 4.69) is 13.0 Å². The molecule has 1 rings (SSSR count). The second-order valence-electron chi connectivity index (χ2n) is 2.83. The van der Waals surface area contributed by atoms with Gasteiger partial charge in [0.15, 0.2) is 0 Å². The molecule has 0 radical (unpaired) electrons. The molecule has 0 aromatic heterocycles. The average Bonchev–Trinajstić information content (AvgIpc) is 2.03. The molecular formula is C10H11ClO. The van der Waals surface area contributed by atoms with Crippen molar-refractivity contribution in [2.75, 3.05) is 0 Å². The maximum absolute atomic E-state index is 10.8. The summed E-state index contributed by atoms with van der Waals surface area (Å²) in [4.78, 5) is 10.8. The highest BCUT2D eigenvalue weighted by molar-refractivity contribution is 6.67. The first kappa shape index (κ1) is 9.27. The number of aryl methyl sites for hydroxylation is 2. The van der Waals surface area contributed by atoms with Crippen LogP contribution in [0.25, 0.3) is 0 Å². The van der Waals surface area contributed by atoms with E-state index >= 15 is 0 Å². The van der Waals surface area contributed by atoms with Crippen LogP contribution in [0.15, 0.2) is 18.2 Å². The molecule has 12 heavy (non-hydrogen) atoms. The van der Waals surface area contributed by atoms with Crippen molar-refractivity contribution in [3.63, 3.8) is 0 Å². The molecule has 0 aliphatic carbocycles. The molecule has 0 amide bonds. The number of carbonyl (C=O) groups excluding carboxylic acids is 1. The van der Waals surface area contributed by atoms with Crippen molar-refractivity contribution in [2.45, 2.75) is 20.3 Å². The zero-order valence-electron chi connectivity index (χ0n) is 7.23. The van der Waals surface area contributed by atoms with Crippen LogP contribution in [0.4, 0.5) is 0 Å². The second kappa shape index (κ2) is 3.72. The molecule has 1 nitrogen and oxygen atoms in total. The van der Waals surface area contributed by atoms with E-state index in [0.29, 0.717) is 5.56 Å². The molecule has 0 aliphatic heterocycles. The molecule has 0 saturated carbocycles. The van der Waals surface area contributed by atoms with Crippen molar-refractivity contribution in [2.24, 2.45) is 0 Å². The lowest BCUT2D eigenvalue weighted by atomic mass is 10.1. The van der Waals surface area contributed by atoms with Crippen LogP contribution in [0.5, 0.6) is 0 Å². The summed E-state index contributed by atoms with van der Waals surface area (Å²) in [5, 5.41) is -0.381. The van der Waals surface area contributed by atoms with Crippen LogP contribution in [0.2, 0.25) is 0 Å². The number of benzene rings is 1. The van der Waals surface area contributed by atoms with Gasteiger partial charge in [0.25, 0.3) is 5.24 Å². The Hall–Kier alpha value is -0.820. The lowest BCUT2D eigenvalue weighted by molar-refractivity contribution is 0.108. The van der Waals surface area contributed by atoms with Crippen LogP contribution >= 0.6 is 11.6 Å². The molecule has 1 aromatic rings. The van der Waals surface area contributed by atoms with Crippen LogP contribution in [-0.4, -0.2) is 5.24 Å². The highest BCUT2D eigenvalue weighted by Crippen LogP contribution is 2.12. The molecule has 1 aromatic carbocycles. The van der Waals surface area contributed by atoms with E-state index in [0.717, 1.165) is 17.5 Å². The van der Waals surface area contributed by atoms with Gasteiger partial charge in [0.2, 0.25) is 0 Å². The van der Waals surface area contributed by atoms with Crippen molar-refractivity contribution in [3.05, 3.63) is 34.9 Å². The van der Waals surface area contributed by atoms with E-state index in [1.54, 1.807) is 6.07 Å². The largest absolute Gasteiger partial charge is 0.276 e.